The van der Waals surface area contributed by atoms with Gasteiger partial charge < -0.3 is 19.9 Å². The van der Waals surface area contributed by atoms with Crippen molar-refractivity contribution in [2.24, 2.45) is 0 Å². The molecular formula is C23H28N3O3+. The maximum absolute atomic E-state index is 12.8. The van der Waals surface area contributed by atoms with Crippen molar-refractivity contribution in [3.8, 4) is 5.75 Å². The van der Waals surface area contributed by atoms with E-state index < -0.39 is 6.10 Å². The second kappa shape index (κ2) is 8.66. The topological polar surface area (TPSA) is 63.1 Å². The number of hydrogen-bond acceptors (Lipinski definition) is 3. The van der Waals surface area contributed by atoms with E-state index in [-0.39, 0.29) is 11.8 Å². The molecule has 0 radical (unpaired) electrons. The van der Waals surface area contributed by atoms with Crippen LogP contribution in [0.2, 0.25) is 0 Å². The average molecular weight is 394 g/mol. The van der Waals surface area contributed by atoms with E-state index in [0.717, 1.165) is 42.1 Å². The van der Waals surface area contributed by atoms with Crippen LogP contribution in [0, 0.1) is 0 Å². The Hall–Kier alpha value is -2.86. The number of carbonyl (C=O) groups excluding carboxylic acids is 2. The van der Waals surface area contributed by atoms with E-state index in [1.807, 2.05) is 53.4 Å². The van der Waals surface area contributed by atoms with E-state index in [9.17, 15) is 9.59 Å². The first kappa shape index (κ1) is 19.5. The van der Waals surface area contributed by atoms with Crippen molar-refractivity contribution < 1.29 is 19.2 Å². The molecule has 0 aliphatic carbocycles. The number of nitrogens with one attached hydrogen (secondary N) is 2. The first-order valence-electron chi connectivity index (χ1n) is 10.4. The standard InChI is InChI=1S/C23H27N3O3/c1-2-17-7-3-5-9-19(17)24-22(27)16-25-11-13-26(14-12-25)23(28)21-15-18-8-4-6-10-20(18)29-21/h3-10,21H,2,11-16H2,1H3,(H,24,27)/p+1/t21-/m1/s1. The third-order valence-electron chi connectivity index (χ3n) is 5.79. The molecule has 2 amide bonds. The molecule has 0 saturated carbocycles. The second-order valence-corrected chi connectivity index (χ2v) is 7.73. The Morgan fingerprint density at radius 1 is 1.10 bits per heavy atom. The highest BCUT2D eigenvalue weighted by Gasteiger charge is 2.34. The highest BCUT2D eigenvalue weighted by Crippen LogP contribution is 2.28. The van der Waals surface area contributed by atoms with Gasteiger partial charge in [-0.1, -0.05) is 43.3 Å². The molecule has 0 unspecified atom stereocenters. The highest BCUT2D eigenvalue weighted by atomic mass is 16.5. The smallest absolute Gasteiger partial charge is 0.279 e. The Morgan fingerprint density at radius 3 is 2.59 bits per heavy atom. The lowest BCUT2D eigenvalue weighted by Crippen LogP contribution is -3.15. The van der Waals surface area contributed by atoms with E-state index in [2.05, 4.69) is 12.2 Å². The van der Waals surface area contributed by atoms with Crippen LogP contribution in [0.3, 0.4) is 0 Å². The summed E-state index contributed by atoms with van der Waals surface area (Å²) in [5.41, 5.74) is 3.13. The fourth-order valence-electron chi connectivity index (χ4n) is 4.12. The van der Waals surface area contributed by atoms with Gasteiger partial charge in [-0.05, 0) is 29.7 Å². The van der Waals surface area contributed by atoms with Crippen molar-refractivity contribution in [3.63, 3.8) is 0 Å². The van der Waals surface area contributed by atoms with Crippen molar-refractivity contribution in [1.29, 1.82) is 0 Å². The Kier molecular flexibility index (Phi) is 5.81. The van der Waals surface area contributed by atoms with Gasteiger partial charge in [-0.2, -0.15) is 0 Å². The molecule has 1 fully saturated rings. The number of nitrogens with zero attached hydrogens (tertiary/aromatic N) is 1. The van der Waals surface area contributed by atoms with Gasteiger partial charge in [0.2, 0.25) is 0 Å². The van der Waals surface area contributed by atoms with Gasteiger partial charge in [0.05, 0.1) is 26.2 Å². The first-order valence-corrected chi connectivity index (χ1v) is 10.4. The fourth-order valence-corrected chi connectivity index (χ4v) is 4.12. The molecule has 2 aliphatic rings. The molecule has 29 heavy (non-hydrogen) atoms. The molecule has 152 valence electrons. The lowest BCUT2D eigenvalue weighted by atomic mass is 10.1. The number of piperazine rings is 1. The van der Waals surface area contributed by atoms with E-state index >= 15 is 0 Å². The Labute approximate surface area is 171 Å². The van der Waals surface area contributed by atoms with Gasteiger partial charge in [-0.15, -0.1) is 0 Å². The summed E-state index contributed by atoms with van der Waals surface area (Å²) in [5.74, 6) is 0.899. The van der Waals surface area contributed by atoms with Crippen molar-refractivity contribution in [2.75, 3.05) is 38.0 Å². The van der Waals surface area contributed by atoms with Gasteiger partial charge >= 0.3 is 0 Å². The van der Waals surface area contributed by atoms with Crippen molar-refractivity contribution in [1.82, 2.24) is 4.90 Å². The molecule has 2 aliphatic heterocycles. The van der Waals surface area contributed by atoms with Crippen LogP contribution in [-0.2, 0) is 22.4 Å². The van der Waals surface area contributed by atoms with Crippen molar-refractivity contribution in [2.45, 2.75) is 25.9 Å². The molecule has 6 heteroatoms. The van der Waals surface area contributed by atoms with Crippen LogP contribution in [0.5, 0.6) is 5.75 Å². The number of benzene rings is 2. The van der Waals surface area contributed by atoms with Gasteiger partial charge in [-0.3, -0.25) is 9.59 Å². The molecule has 2 N–H and O–H groups in total. The van der Waals surface area contributed by atoms with Crippen molar-refractivity contribution in [3.05, 3.63) is 59.7 Å². The normalized spacial score (nSPS) is 18.8. The number of carbonyl (C=O) groups is 2. The summed E-state index contributed by atoms with van der Waals surface area (Å²) in [7, 11) is 0. The summed E-state index contributed by atoms with van der Waals surface area (Å²) in [6.45, 7) is 5.36. The SMILES string of the molecule is CCc1ccccc1NC(=O)C[NH+]1CCN(C(=O)[C@H]2Cc3ccccc3O2)CC1. The van der Waals surface area contributed by atoms with E-state index in [0.29, 0.717) is 26.1 Å². The monoisotopic (exact) mass is 394 g/mol. The quantitative estimate of drug-likeness (QED) is 0.793. The molecule has 0 bridgehead atoms. The lowest BCUT2D eigenvalue weighted by Gasteiger charge is -2.33. The summed E-state index contributed by atoms with van der Waals surface area (Å²) < 4.78 is 5.84. The molecular weight excluding hydrogens is 366 g/mol. The summed E-state index contributed by atoms with van der Waals surface area (Å²) in [4.78, 5) is 28.4. The van der Waals surface area contributed by atoms with Gasteiger partial charge in [0, 0.05) is 12.1 Å². The molecule has 2 aromatic rings. The summed E-state index contributed by atoms with van der Waals surface area (Å²) in [5, 5.41) is 3.04. The number of hydrogen-bond donors (Lipinski definition) is 2. The van der Waals surface area contributed by atoms with Gasteiger partial charge in [0.25, 0.3) is 11.8 Å². The highest BCUT2D eigenvalue weighted by molar-refractivity contribution is 5.92. The van der Waals surface area contributed by atoms with Crippen LogP contribution >= 0.6 is 0 Å². The van der Waals surface area contributed by atoms with Gasteiger partial charge in [-0.25, -0.2) is 0 Å². The molecule has 1 saturated heterocycles. The maximum atomic E-state index is 12.8. The zero-order valence-electron chi connectivity index (χ0n) is 16.8. The Bertz CT molecular complexity index is 865. The molecule has 6 nitrogen and oxygen atoms in total. The summed E-state index contributed by atoms with van der Waals surface area (Å²) >= 11 is 0. The third kappa shape index (κ3) is 4.43. The zero-order valence-corrected chi connectivity index (χ0v) is 16.8. The van der Waals surface area contributed by atoms with Crippen LogP contribution < -0.4 is 15.0 Å². The molecule has 2 heterocycles. The molecule has 1 atom stereocenters. The molecule has 0 spiro atoms. The largest absolute Gasteiger partial charge is 0.480 e. The predicted molar refractivity (Wildman–Crippen MR) is 111 cm³/mol. The van der Waals surface area contributed by atoms with Gasteiger partial charge in [0.15, 0.2) is 12.6 Å². The van der Waals surface area contributed by atoms with E-state index in [1.54, 1.807) is 0 Å². The van der Waals surface area contributed by atoms with E-state index in [1.165, 1.54) is 4.90 Å². The van der Waals surface area contributed by atoms with Gasteiger partial charge in [0.1, 0.15) is 5.75 Å². The number of quaternary nitrogens is 1. The van der Waals surface area contributed by atoms with Crippen LogP contribution in [0.4, 0.5) is 5.69 Å². The Morgan fingerprint density at radius 2 is 1.83 bits per heavy atom. The number of ether oxygens (including phenoxy) is 1. The number of rotatable bonds is 5. The lowest BCUT2D eigenvalue weighted by molar-refractivity contribution is -0.895. The minimum Gasteiger partial charge on any atom is -0.480 e. The van der Waals surface area contributed by atoms with Crippen LogP contribution in [0.1, 0.15) is 18.1 Å². The summed E-state index contributed by atoms with van der Waals surface area (Å²) in [6, 6.07) is 15.7. The average Bonchev–Trinajstić information content (AvgIpc) is 3.18. The van der Waals surface area contributed by atoms with Crippen LogP contribution in [0.15, 0.2) is 48.5 Å². The zero-order chi connectivity index (χ0) is 20.2. The number of aryl methyl sites for hydroxylation is 1. The third-order valence-corrected chi connectivity index (χ3v) is 5.79. The predicted octanol–water partition coefficient (Wildman–Crippen LogP) is 0.918. The number of fused-ring (bicyclic) bond motifs is 1. The van der Waals surface area contributed by atoms with Crippen molar-refractivity contribution >= 4 is 17.5 Å². The molecule has 4 rings (SSSR count). The fraction of sp³-hybridized carbons (Fsp3) is 0.391. The maximum Gasteiger partial charge on any atom is 0.279 e. The minimum atomic E-state index is -0.414. The van der Waals surface area contributed by atoms with Crippen LogP contribution in [0.25, 0.3) is 0 Å². The Balaban J connectivity index is 1.25. The molecule has 0 aromatic heterocycles. The van der Waals surface area contributed by atoms with Crippen LogP contribution in [-0.4, -0.2) is 55.5 Å². The number of anilines is 1. The summed E-state index contributed by atoms with van der Waals surface area (Å²) in [6.07, 6.45) is 1.11. The molecule has 2 aromatic carbocycles. The number of para-hydroxylation sites is 2. The minimum absolute atomic E-state index is 0.0234. The number of amides is 2. The van der Waals surface area contributed by atoms with E-state index in [4.69, 9.17) is 4.74 Å². The second-order valence-electron chi connectivity index (χ2n) is 7.73. The first-order chi connectivity index (χ1) is 14.1.